The van der Waals surface area contributed by atoms with Crippen molar-refractivity contribution in [2.75, 3.05) is 11.9 Å². The zero-order valence-corrected chi connectivity index (χ0v) is 27.2. The summed E-state index contributed by atoms with van der Waals surface area (Å²) in [6, 6.07) is 8.59. The van der Waals surface area contributed by atoms with E-state index in [4.69, 9.17) is 25.6 Å². The van der Waals surface area contributed by atoms with Crippen molar-refractivity contribution in [1.82, 2.24) is 10.1 Å². The van der Waals surface area contributed by atoms with E-state index in [1.54, 1.807) is 24.3 Å². The van der Waals surface area contributed by atoms with Crippen LogP contribution in [-0.2, 0) is 19.1 Å². The molecule has 2 aromatic carbocycles. The van der Waals surface area contributed by atoms with Gasteiger partial charge in [-0.25, -0.2) is 14.5 Å². The summed E-state index contributed by atoms with van der Waals surface area (Å²) in [5, 5.41) is 6.64. The number of unbranched alkanes of at least 4 members (excludes halogenated alkanes) is 9. The molecular weight excluding hydrogens is 614 g/mol. The molecule has 1 atom stereocenters. The van der Waals surface area contributed by atoms with Crippen molar-refractivity contribution in [3.8, 4) is 0 Å². The Kier molecular flexibility index (Phi) is 11.9. The third-order valence-electron chi connectivity index (χ3n) is 7.83. The summed E-state index contributed by atoms with van der Waals surface area (Å²) in [5.41, 5.74) is -1.50. The fraction of sp³-hybridized carbons (Fsp3) is 0.471. The molecule has 11 nitrogen and oxygen atoms in total. The number of carbonyl (C=O) groups is 5. The minimum absolute atomic E-state index is 0.0258. The molecule has 1 fully saturated rings. The number of imide groups is 1. The summed E-state index contributed by atoms with van der Waals surface area (Å²) in [6.45, 7) is 5.15. The van der Waals surface area contributed by atoms with Gasteiger partial charge < -0.3 is 19.3 Å². The molecule has 1 saturated heterocycles. The van der Waals surface area contributed by atoms with Crippen molar-refractivity contribution in [3.63, 3.8) is 0 Å². The average Bonchev–Trinajstić information content (AvgIpc) is 3.54. The van der Waals surface area contributed by atoms with E-state index in [9.17, 15) is 24.0 Å². The van der Waals surface area contributed by atoms with Gasteiger partial charge in [0, 0.05) is 0 Å². The number of hydrogen-bond acceptors (Lipinski definition) is 9. The summed E-state index contributed by atoms with van der Waals surface area (Å²) < 4.78 is 15.8. The monoisotopic (exact) mass is 653 g/mol. The summed E-state index contributed by atoms with van der Waals surface area (Å²) in [5.74, 6) is -3.55. The molecule has 1 unspecified atom stereocenters. The fourth-order valence-corrected chi connectivity index (χ4v) is 5.41. The van der Waals surface area contributed by atoms with Gasteiger partial charge in [0.25, 0.3) is 11.8 Å². The van der Waals surface area contributed by atoms with Crippen LogP contribution in [0.1, 0.15) is 106 Å². The first kappa shape index (κ1) is 34.6. The summed E-state index contributed by atoms with van der Waals surface area (Å²) >= 11 is 6.34. The number of halogens is 1. The lowest BCUT2D eigenvalue weighted by Gasteiger charge is -2.22. The van der Waals surface area contributed by atoms with E-state index in [2.05, 4.69) is 17.4 Å². The highest BCUT2D eigenvalue weighted by molar-refractivity contribution is 6.34. The number of nitrogens with zero attached hydrogens (tertiary/aromatic N) is 2. The van der Waals surface area contributed by atoms with Crippen LogP contribution in [0, 0.1) is 0 Å². The molecule has 3 amide bonds. The van der Waals surface area contributed by atoms with E-state index in [0.717, 1.165) is 25.7 Å². The largest absolute Gasteiger partial charge is 0.462 e. The molecule has 4 rings (SSSR count). The molecular formula is C34H40ClN3O8. The van der Waals surface area contributed by atoms with Crippen molar-refractivity contribution < 1.29 is 38.0 Å². The van der Waals surface area contributed by atoms with Crippen molar-refractivity contribution in [1.29, 1.82) is 0 Å². The van der Waals surface area contributed by atoms with Gasteiger partial charge in [0.05, 0.1) is 28.3 Å². The molecule has 12 heteroatoms. The van der Waals surface area contributed by atoms with Crippen molar-refractivity contribution in [3.05, 3.63) is 58.7 Å². The molecule has 0 bridgehead atoms. The minimum atomic E-state index is -2.02. The number of cyclic esters (lactones) is 1. The number of aromatic nitrogens is 1. The number of amides is 3. The van der Waals surface area contributed by atoms with Crippen LogP contribution in [0.25, 0.3) is 11.0 Å². The second-order valence-electron chi connectivity index (χ2n) is 11.8. The van der Waals surface area contributed by atoms with E-state index < -0.39 is 41.3 Å². The number of rotatable bonds is 17. The van der Waals surface area contributed by atoms with Crippen LogP contribution >= 0.6 is 11.6 Å². The number of nitrogens with one attached hydrogen (secondary N) is 1. The topological polar surface area (TPSA) is 145 Å². The van der Waals surface area contributed by atoms with Crippen LogP contribution in [0.15, 0.2) is 47.0 Å². The Labute approximate surface area is 272 Å². The molecule has 1 aromatic heterocycles. The van der Waals surface area contributed by atoms with Gasteiger partial charge in [-0.05, 0) is 50.6 Å². The van der Waals surface area contributed by atoms with Crippen LogP contribution in [0.5, 0.6) is 0 Å². The SMILES string of the molecule is CCCCCCCCCCCCOC(=O)c1ccc(Cl)c(NC(=O)C(C(=O)c2noc3ccccc23)N2C(=O)OC(C)(C)C2=O)c1. The normalized spacial score (nSPS) is 14.7. The number of carbonyl (C=O) groups excluding carboxylic acids is 5. The highest BCUT2D eigenvalue weighted by atomic mass is 35.5. The van der Waals surface area contributed by atoms with Crippen molar-refractivity contribution in [2.45, 2.75) is 96.6 Å². The first-order valence-corrected chi connectivity index (χ1v) is 16.2. The summed E-state index contributed by atoms with van der Waals surface area (Å²) in [7, 11) is 0. The lowest BCUT2D eigenvalue weighted by molar-refractivity contribution is -0.137. The fourth-order valence-electron chi connectivity index (χ4n) is 5.24. The number of benzene rings is 2. The zero-order chi connectivity index (χ0) is 33.3. The predicted molar refractivity (Wildman–Crippen MR) is 172 cm³/mol. The molecule has 1 aliphatic rings. The highest BCUT2D eigenvalue weighted by Crippen LogP contribution is 2.30. The van der Waals surface area contributed by atoms with E-state index >= 15 is 0 Å². The molecule has 246 valence electrons. The van der Waals surface area contributed by atoms with Crippen molar-refractivity contribution in [2.24, 2.45) is 0 Å². The average molecular weight is 654 g/mol. The molecule has 3 aromatic rings. The molecule has 0 radical (unpaired) electrons. The minimum Gasteiger partial charge on any atom is -0.462 e. The molecule has 0 aliphatic carbocycles. The highest BCUT2D eigenvalue weighted by Gasteiger charge is 2.54. The number of anilines is 1. The second kappa shape index (κ2) is 15.8. The van der Waals surface area contributed by atoms with E-state index in [1.807, 2.05) is 0 Å². The lowest BCUT2D eigenvalue weighted by Crippen LogP contribution is -2.53. The Balaban J connectivity index is 1.42. The predicted octanol–water partition coefficient (Wildman–Crippen LogP) is 7.51. The van der Waals surface area contributed by atoms with Crippen LogP contribution in [0.3, 0.4) is 0 Å². The Morgan fingerprint density at radius 2 is 1.61 bits per heavy atom. The van der Waals surface area contributed by atoms with Crippen LogP contribution in [0.4, 0.5) is 10.5 Å². The maximum atomic E-state index is 13.8. The summed E-state index contributed by atoms with van der Waals surface area (Å²) in [4.78, 5) is 66.7. The number of para-hydroxylation sites is 1. The second-order valence-corrected chi connectivity index (χ2v) is 12.3. The van der Waals surface area contributed by atoms with Crippen LogP contribution in [0.2, 0.25) is 5.02 Å². The number of hydrogen-bond donors (Lipinski definition) is 1. The molecule has 0 saturated carbocycles. The first-order chi connectivity index (χ1) is 22.0. The van der Waals surface area contributed by atoms with Gasteiger partial charge >= 0.3 is 12.1 Å². The van der Waals surface area contributed by atoms with Crippen LogP contribution < -0.4 is 5.32 Å². The lowest BCUT2D eigenvalue weighted by atomic mass is 10.0. The third-order valence-corrected chi connectivity index (χ3v) is 8.16. The number of ketones is 1. The standard InChI is InChI=1S/C34H40ClN3O8/c1-4-5-6-7-8-9-10-11-12-15-20-44-31(41)22-18-19-24(35)25(21-22)36-30(40)28(38-32(42)34(2,3)45-33(38)43)29(39)27-23-16-13-14-17-26(23)46-37-27/h13-14,16-19,21,28H,4-12,15,20H2,1-3H3,(H,36,40). The van der Waals surface area contributed by atoms with Gasteiger partial charge in [-0.1, -0.05) is 93.6 Å². The summed E-state index contributed by atoms with van der Waals surface area (Å²) in [6.07, 6.45) is 10.3. The van der Waals surface area contributed by atoms with Gasteiger partial charge in [-0.15, -0.1) is 0 Å². The van der Waals surface area contributed by atoms with Gasteiger partial charge in [0.15, 0.2) is 22.9 Å². The molecule has 46 heavy (non-hydrogen) atoms. The van der Waals surface area contributed by atoms with Crippen molar-refractivity contribution >= 4 is 57.9 Å². The zero-order valence-electron chi connectivity index (χ0n) is 26.4. The van der Waals surface area contributed by atoms with Gasteiger partial charge in [-0.2, -0.15) is 0 Å². The molecule has 0 spiro atoms. The van der Waals surface area contributed by atoms with Gasteiger partial charge in [0.2, 0.25) is 5.78 Å². The smallest absolute Gasteiger partial charge is 0.418 e. The third kappa shape index (κ3) is 8.31. The van der Waals surface area contributed by atoms with E-state index in [0.29, 0.717) is 4.90 Å². The Hall–Kier alpha value is -4.25. The Morgan fingerprint density at radius 3 is 2.26 bits per heavy atom. The van der Waals surface area contributed by atoms with E-state index in [1.165, 1.54) is 70.6 Å². The molecule has 2 heterocycles. The maximum Gasteiger partial charge on any atom is 0.418 e. The molecule has 1 aliphatic heterocycles. The maximum absolute atomic E-state index is 13.8. The number of fused-ring (bicyclic) bond motifs is 1. The van der Waals surface area contributed by atoms with E-state index in [-0.39, 0.29) is 39.5 Å². The molecule has 1 N–H and O–H groups in total. The number of Topliss-reactive ketones (excluding diaryl/α,β-unsaturated/α-hetero) is 1. The Morgan fingerprint density at radius 1 is 0.957 bits per heavy atom. The number of esters is 1. The Bertz CT molecular complexity index is 1580. The van der Waals surface area contributed by atoms with Gasteiger partial charge in [0.1, 0.15) is 0 Å². The quantitative estimate of drug-likeness (QED) is 0.0677. The first-order valence-electron chi connectivity index (χ1n) is 15.8. The van der Waals surface area contributed by atoms with Gasteiger partial charge in [-0.3, -0.25) is 14.4 Å². The van der Waals surface area contributed by atoms with Crippen LogP contribution in [-0.4, -0.2) is 58.0 Å². The number of ether oxygens (including phenoxy) is 2.